The van der Waals surface area contributed by atoms with Crippen LogP contribution in [0.4, 0.5) is 0 Å². The first-order chi connectivity index (χ1) is 9.28. The average Bonchev–Trinajstić information content (AvgIpc) is 2.71. The van der Waals surface area contributed by atoms with Crippen molar-refractivity contribution in [3.05, 3.63) is 0 Å². The zero-order valence-corrected chi connectivity index (χ0v) is 14.5. The highest BCUT2D eigenvalue weighted by Gasteiger charge is 2.55. The van der Waals surface area contributed by atoms with Gasteiger partial charge in [-0.2, -0.15) is 0 Å². The van der Waals surface area contributed by atoms with Crippen molar-refractivity contribution in [3.8, 4) is 0 Å². The first kappa shape index (κ1) is 14.9. The van der Waals surface area contributed by atoms with Gasteiger partial charge in [0, 0.05) is 0 Å². The molecule has 118 valence electrons. The van der Waals surface area contributed by atoms with Gasteiger partial charge in [0.15, 0.2) is 20.4 Å². The lowest BCUT2D eigenvalue weighted by atomic mass is 10.1. The molecule has 0 aromatic heterocycles. The van der Waals surface area contributed by atoms with Crippen LogP contribution in [0.15, 0.2) is 0 Å². The molecule has 20 heavy (non-hydrogen) atoms. The summed E-state index contributed by atoms with van der Waals surface area (Å²) < 4.78 is 31.4. The quantitative estimate of drug-likeness (QED) is 0.811. The van der Waals surface area contributed by atoms with E-state index in [0.29, 0.717) is 0 Å². The summed E-state index contributed by atoms with van der Waals surface area (Å²) in [4.78, 5) is 0. The van der Waals surface area contributed by atoms with Crippen molar-refractivity contribution >= 4 is 8.32 Å². The standard InChI is InChI=1S/C14H28O5Si/c1-13(2,3)20(6,7)16-8-9-10-11(12(15)17-9)19-14(4,5)18-10/h9-12,15H,8H2,1-7H3/t9-,10-,11-,12?/m1/s1/i9D. The van der Waals surface area contributed by atoms with Crippen LogP contribution in [0, 0.1) is 0 Å². The summed E-state index contributed by atoms with van der Waals surface area (Å²) in [6, 6.07) is 0. The van der Waals surface area contributed by atoms with E-state index < -0.39 is 38.7 Å². The van der Waals surface area contributed by atoms with Crippen LogP contribution in [0.3, 0.4) is 0 Å². The molecule has 2 fully saturated rings. The van der Waals surface area contributed by atoms with Crippen molar-refractivity contribution in [1.82, 2.24) is 0 Å². The molecular weight excluding hydrogens is 276 g/mol. The molecule has 0 radical (unpaired) electrons. The van der Waals surface area contributed by atoms with Crippen molar-refractivity contribution < 1.29 is 25.1 Å². The highest BCUT2D eigenvalue weighted by molar-refractivity contribution is 6.74. The Balaban J connectivity index is 2.09. The van der Waals surface area contributed by atoms with Crippen LogP contribution >= 0.6 is 0 Å². The topological polar surface area (TPSA) is 57.2 Å². The smallest absolute Gasteiger partial charge is 0.192 e. The van der Waals surface area contributed by atoms with Crippen LogP contribution in [0.25, 0.3) is 0 Å². The third-order valence-corrected chi connectivity index (χ3v) is 8.86. The van der Waals surface area contributed by atoms with Crippen molar-refractivity contribution in [3.63, 3.8) is 0 Å². The Hall–Kier alpha value is 0.0169. The lowest BCUT2D eigenvalue weighted by molar-refractivity contribution is -0.222. The molecule has 0 aromatic carbocycles. The second kappa shape index (κ2) is 5.03. The predicted molar refractivity (Wildman–Crippen MR) is 77.9 cm³/mol. The van der Waals surface area contributed by atoms with Gasteiger partial charge in [0.25, 0.3) is 0 Å². The second-order valence-corrected chi connectivity index (χ2v) is 12.4. The fourth-order valence-corrected chi connectivity index (χ4v) is 3.06. The molecule has 0 spiro atoms. The van der Waals surface area contributed by atoms with Gasteiger partial charge >= 0.3 is 0 Å². The number of fused-ring (bicyclic) bond motifs is 1. The number of aliphatic hydroxyl groups is 1. The zero-order valence-electron chi connectivity index (χ0n) is 14.5. The Kier molecular flexibility index (Phi) is 3.76. The minimum atomic E-state index is -2.00. The van der Waals surface area contributed by atoms with Crippen LogP contribution in [-0.2, 0) is 18.6 Å². The molecule has 2 rings (SSSR count). The summed E-state index contributed by atoms with van der Waals surface area (Å²) in [5, 5.41) is 10.0. The molecule has 2 aliphatic rings. The van der Waals surface area contributed by atoms with Gasteiger partial charge < -0.3 is 23.7 Å². The monoisotopic (exact) mass is 305 g/mol. The van der Waals surface area contributed by atoms with E-state index in [1.54, 1.807) is 13.8 Å². The summed E-state index contributed by atoms with van der Waals surface area (Å²) in [5.74, 6) is -0.816. The number of aliphatic hydroxyl groups excluding tert-OH is 1. The van der Waals surface area contributed by atoms with Crippen molar-refractivity contribution in [2.24, 2.45) is 0 Å². The van der Waals surface area contributed by atoms with Gasteiger partial charge in [-0.05, 0) is 32.0 Å². The molecule has 0 aromatic rings. The van der Waals surface area contributed by atoms with Crippen LogP contribution in [0.2, 0.25) is 18.1 Å². The fraction of sp³-hybridized carbons (Fsp3) is 1.00. The Labute approximate surface area is 124 Å². The molecule has 0 bridgehead atoms. The summed E-state index contributed by atoms with van der Waals surface area (Å²) in [5.41, 5.74) is 0. The maximum Gasteiger partial charge on any atom is 0.192 e. The van der Waals surface area contributed by atoms with E-state index in [2.05, 4.69) is 33.9 Å². The number of ether oxygens (including phenoxy) is 3. The molecular formula is C14H28O5Si. The Morgan fingerprint density at radius 3 is 2.35 bits per heavy atom. The fourth-order valence-electron chi connectivity index (χ4n) is 2.12. The number of hydrogen-bond donors (Lipinski definition) is 1. The lowest BCUT2D eigenvalue weighted by Crippen LogP contribution is -2.44. The summed E-state index contributed by atoms with van der Waals surface area (Å²) >= 11 is 0. The highest BCUT2D eigenvalue weighted by Crippen LogP contribution is 2.40. The van der Waals surface area contributed by atoms with Gasteiger partial charge in [-0.15, -0.1) is 0 Å². The third kappa shape index (κ3) is 3.10. The Morgan fingerprint density at radius 1 is 1.25 bits per heavy atom. The molecule has 0 aliphatic carbocycles. The van der Waals surface area contributed by atoms with Crippen molar-refractivity contribution in [2.45, 2.75) is 83.1 Å². The van der Waals surface area contributed by atoms with E-state index in [1.165, 1.54) is 0 Å². The molecule has 2 aliphatic heterocycles. The average molecular weight is 305 g/mol. The Bertz CT molecular complexity index is 409. The molecule has 1 N–H and O–H groups in total. The van der Waals surface area contributed by atoms with Gasteiger partial charge in [-0.25, -0.2) is 0 Å². The molecule has 6 heteroatoms. The Morgan fingerprint density at radius 2 is 1.80 bits per heavy atom. The van der Waals surface area contributed by atoms with Gasteiger partial charge in [0.05, 0.1) is 7.98 Å². The molecule has 2 heterocycles. The summed E-state index contributed by atoms with van der Waals surface area (Å²) in [6.45, 7) is 14.3. The van der Waals surface area contributed by atoms with Crippen LogP contribution in [0.5, 0.6) is 0 Å². The maximum absolute atomic E-state index is 9.97. The van der Waals surface area contributed by atoms with E-state index in [1.807, 2.05) is 0 Å². The van der Waals surface area contributed by atoms with Crippen LogP contribution in [-0.4, -0.2) is 50.4 Å². The highest BCUT2D eigenvalue weighted by atomic mass is 28.4. The van der Waals surface area contributed by atoms with Gasteiger partial charge in [0.2, 0.25) is 0 Å². The molecule has 4 atom stereocenters. The summed E-state index contributed by atoms with van der Waals surface area (Å²) in [6.07, 6.45) is -3.88. The number of rotatable bonds is 3. The van der Waals surface area contributed by atoms with Gasteiger partial charge in [0.1, 0.15) is 18.3 Å². The lowest BCUT2D eigenvalue weighted by Gasteiger charge is -2.37. The maximum atomic E-state index is 9.97. The molecule has 5 nitrogen and oxygen atoms in total. The van der Waals surface area contributed by atoms with E-state index in [9.17, 15) is 5.11 Å². The van der Waals surface area contributed by atoms with E-state index in [-0.39, 0.29) is 11.6 Å². The van der Waals surface area contributed by atoms with Crippen molar-refractivity contribution in [2.75, 3.05) is 6.61 Å². The molecule has 0 saturated carbocycles. The van der Waals surface area contributed by atoms with E-state index in [4.69, 9.17) is 20.0 Å². The van der Waals surface area contributed by atoms with Gasteiger partial charge in [-0.3, -0.25) is 0 Å². The number of hydrogen-bond acceptors (Lipinski definition) is 5. The third-order valence-electron chi connectivity index (χ3n) is 4.38. The van der Waals surface area contributed by atoms with Crippen LogP contribution in [0.1, 0.15) is 36.0 Å². The minimum Gasteiger partial charge on any atom is -0.414 e. The normalized spacial score (nSPS) is 41.6. The van der Waals surface area contributed by atoms with Gasteiger partial charge in [-0.1, -0.05) is 20.8 Å². The molecule has 2 saturated heterocycles. The van der Waals surface area contributed by atoms with Crippen LogP contribution < -0.4 is 0 Å². The molecule has 1 unspecified atom stereocenters. The summed E-state index contributed by atoms with van der Waals surface area (Å²) in [7, 11) is -2.00. The first-order valence-corrected chi connectivity index (χ1v) is 10.0. The van der Waals surface area contributed by atoms with E-state index >= 15 is 0 Å². The molecule has 0 amide bonds. The van der Waals surface area contributed by atoms with Crippen molar-refractivity contribution in [1.29, 1.82) is 0 Å². The SMILES string of the molecule is [2H][C@]1(CO[Si](C)(C)C(C)(C)C)OC(O)[C@@H]2OC(C)(C)O[C@@H]21. The minimum absolute atomic E-state index is 0.0479. The second-order valence-electron chi connectivity index (χ2n) is 7.54. The van der Waals surface area contributed by atoms with E-state index in [0.717, 1.165) is 0 Å². The zero-order chi connectivity index (χ0) is 16.3. The predicted octanol–water partition coefficient (Wildman–Crippen LogP) is 2.25. The largest absolute Gasteiger partial charge is 0.414 e. The first-order valence-electron chi connectivity index (χ1n) is 7.63.